The van der Waals surface area contributed by atoms with Gasteiger partial charge in [0.2, 0.25) is 17.7 Å². The average molecular weight is 687 g/mol. The van der Waals surface area contributed by atoms with Crippen LogP contribution in [0.4, 0.5) is 18.9 Å². The van der Waals surface area contributed by atoms with Gasteiger partial charge in [0, 0.05) is 24.7 Å². The molecular weight excluding hydrogens is 640 g/mol. The minimum Gasteiger partial charge on any atom is -0.423 e. The monoisotopic (exact) mass is 686 g/mol. The van der Waals surface area contributed by atoms with Gasteiger partial charge in [-0.05, 0) is 118 Å². The van der Waals surface area contributed by atoms with E-state index in [-0.39, 0.29) is 49.5 Å². The first-order valence-electron chi connectivity index (χ1n) is 16.8. The number of halogens is 3. The SMILES string of the molecule is CC1(C)OB(O)c2cc(NC(=O)[C@@H](CCc3ccc(C(F)(F)F)cc3)NC(=O)[C@@H](N)CCC(=O)N3CC4CC3[C@H](CN)[C@H](CN)C4)ccc21. The van der Waals surface area contributed by atoms with Crippen LogP contribution in [0.5, 0.6) is 0 Å². The summed E-state index contributed by atoms with van der Waals surface area (Å²) in [5, 5.41) is 15.8. The second-order valence-electron chi connectivity index (χ2n) is 14.1. The largest absolute Gasteiger partial charge is 0.492 e. The molecule has 2 bridgehead atoms. The maximum atomic E-state index is 13.6. The first kappa shape index (κ1) is 36.8. The standard InChI is InChI=1S/C34H46BF3N6O5/c1-33(2)25-9-8-23(15-26(25)35(48)49-33)42-32(47)28(11-5-19-3-6-22(7-4-19)34(36,37)38)43-31(46)27(41)10-12-30(45)44-18-20-13-21(16-39)24(17-40)29(44)14-20/h3-4,6-9,15,20-21,24,27-29,48H,5,10-14,16-18,39-41H2,1-2H3,(H,42,47)(H,43,46)/t20?,21-,24+,27-,28+,29?/m0/s1. The molecule has 6 atom stereocenters. The van der Waals surface area contributed by atoms with Crippen molar-refractivity contribution in [1.82, 2.24) is 10.2 Å². The third kappa shape index (κ3) is 8.29. The molecule has 1 saturated carbocycles. The molecule has 266 valence electrons. The van der Waals surface area contributed by atoms with Gasteiger partial charge in [-0.1, -0.05) is 18.2 Å². The van der Waals surface area contributed by atoms with Gasteiger partial charge in [0.15, 0.2) is 0 Å². The normalized spacial score (nSPS) is 23.9. The number of fused-ring (bicyclic) bond motifs is 3. The molecule has 0 radical (unpaired) electrons. The van der Waals surface area contributed by atoms with Gasteiger partial charge in [-0.2, -0.15) is 13.2 Å². The van der Waals surface area contributed by atoms with Crippen LogP contribution in [0.15, 0.2) is 42.5 Å². The third-order valence-electron chi connectivity index (χ3n) is 10.3. The number of carbonyl (C=O) groups is 3. The molecule has 1 saturated heterocycles. The molecule has 5 rings (SSSR count). The summed E-state index contributed by atoms with van der Waals surface area (Å²) < 4.78 is 44.8. The number of nitrogens with zero attached hydrogens (tertiary/aromatic N) is 1. The molecule has 2 unspecified atom stereocenters. The summed E-state index contributed by atoms with van der Waals surface area (Å²) in [5.41, 5.74) is 18.9. The lowest BCUT2D eigenvalue weighted by atomic mass is 9.73. The Morgan fingerprint density at radius 1 is 1.06 bits per heavy atom. The molecule has 2 fully saturated rings. The zero-order chi connectivity index (χ0) is 35.7. The number of benzene rings is 2. The van der Waals surface area contributed by atoms with E-state index >= 15 is 0 Å². The summed E-state index contributed by atoms with van der Waals surface area (Å²) in [7, 11) is -1.18. The van der Waals surface area contributed by atoms with Gasteiger partial charge in [-0.3, -0.25) is 14.4 Å². The van der Waals surface area contributed by atoms with Gasteiger partial charge in [0.1, 0.15) is 6.04 Å². The molecule has 2 aromatic rings. The minimum atomic E-state index is -4.48. The van der Waals surface area contributed by atoms with Crippen LogP contribution in [0.1, 0.15) is 62.6 Å². The smallest absolute Gasteiger partial charge is 0.423 e. The summed E-state index contributed by atoms with van der Waals surface area (Å²) in [4.78, 5) is 42.0. The van der Waals surface area contributed by atoms with Gasteiger partial charge in [-0.15, -0.1) is 0 Å². The fraction of sp³-hybridized carbons (Fsp3) is 0.559. The van der Waals surface area contributed by atoms with Crippen LogP contribution in [0.25, 0.3) is 0 Å². The topological polar surface area (TPSA) is 186 Å². The van der Waals surface area contributed by atoms with Gasteiger partial charge in [0.25, 0.3) is 0 Å². The number of alkyl halides is 3. The van der Waals surface area contributed by atoms with Crippen molar-refractivity contribution in [3.8, 4) is 0 Å². The van der Waals surface area contributed by atoms with Gasteiger partial charge >= 0.3 is 13.3 Å². The van der Waals surface area contributed by atoms with Gasteiger partial charge in [-0.25, -0.2) is 0 Å². The Labute approximate surface area is 284 Å². The van der Waals surface area contributed by atoms with Crippen molar-refractivity contribution >= 4 is 36.0 Å². The first-order valence-corrected chi connectivity index (χ1v) is 16.8. The number of carbonyl (C=O) groups excluding carboxylic acids is 3. The lowest BCUT2D eigenvalue weighted by molar-refractivity contribution is -0.137. The maximum absolute atomic E-state index is 13.6. The Morgan fingerprint density at radius 2 is 1.78 bits per heavy atom. The summed E-state index contributed by atoms with van der Waals surface area (Å²) in [5.74, 6) is -0.548. The Kier molecular flexibility index (Phi) is 11.1. The molecule has 2 aromatic carbocycles. The highest BCUT2D eigenvalue weighted by Crippen LogP contribution is 2.42. The van der Waals surface area contributed by atoms with Crippen molar-refractivity contribution in [2.24, 2.45) is 35.0 Å². The van der Waals surface area contributed by atoms with Crippen LogP contribution >= 0.6 is 0 Å². The Bertz CT molecular complexity index is 1530. The van der Waals surface area contributed by atoms with E-state index in [0.29, 0.717) is 42.3 Å². The van der Waals surface area contributed by atoms with Crippen molar-refractivity contribution in [2.75, 3.05) is 25.0 Å². The Morgan fingerprint density at radius 3 is 2.43 bits per heavy atom. The van der Waals surface area contributed by atoms with E-state index in [9.17, 15) is 32.6 Å². The molecule has 49 heavy (non-hydrogen) atoms. The summed E-state index contributed by atoms with van der Waals surface area (Å²) in [6.07, 6.45) is -2.33. The maximum Gasteiger partial charge on any atom is 0.492 e. The fourth-order valence-electron chi connectivity index (χ4n) is 7.66. The number of anilines is 1. The number of nitrogens with one attached hydrogen (secondary N) is 2. The summed E-state index contributed by atoms with van der Waals surface area (Å²) >= 11 is 0. The molecule has 11 nitrogen and oxygen atoms in total. The molecule has 1 aliphatic carbocycles. The first-order chi connectivity index (χ1) is 23.1. The van der Waals surface area contributed by atoms with Crippen molar-refractivity contribution < 1.29 is 37.2 Å². The van der Waals surface area contributed by atoms with Crippen LogP contribution in [0, 0.1) is 17.8 Å². The van der Waals surface area contributed by atoms with E-state index in [1.165, 1.54) is 12.1 Å². The summed E-state index contributed by atoms with van der Waals surface area (Å²) in [6.45, 7) is 5.23. The zero-order valence-electron chi connectivity index (χ0n) is 27.8. The predicted molar refractivity (Wildman–Crippen MR) is 179 cm³/mol. The van der Waals surface area contributed by atoms with E-state index in [1.807, 2.05) is 18.7 Å². The summed E-state index contributed by atoms with van der Waals surface area (Å²) in [6, 6.07) is 7.40. The van der Waals surface area contributed by atoms with E-state index in [4.69, 9.17) is 21.9 Å². The Balaban J connectivity index is 1.24. The molecule has 15 heteroatoms. The predicted octanol–water partition coefficient (Wildman–Crippen LogP) is 1.59. The van der Waals surface area contributed by atoms with Gasteiger partial charge < -0.3 is 42.4 Å². The number of nitrogens with two attached hydrogens (primary N) is 3. The molecule has 0 spiro atoms. The van der Waals surface area contributed by atoms with E-state index in [0.717, 1.165) is 30.5 Å². The van der Waals surface area contributed by atoms with E-state index < -0.39 is 48.4 Å². The molecule has 3 amide bonds. The number of likely N-dealkylation sites (tertiary alicyclic amines) is 1. The lowest BCUT2D eigenvalue weighted by Gasteiger charge is -2.37. The molecular formula is C34H46BF3N6O5. The second kappa shape index (κ2) is 14.8. The molecule has 2 aliphatic heterocycles. The number of hydrogen-bond acceptors (Lipinski definition) is 8. The van der Waals surface area contributed by atoms with Crippen molar-refractivity contribution in [3.05, 3.63) is 59.2 Å². The van der Waals surface area contributed by atoms with Crippen LogP contribution in [-0.4, -0.2) is 72.5 Å². The van der Waals surface area contributed by atoms with Gasteiger partial charge in [0.05, 0.1) is 17.2 Å². The Hall–Kier alpha value is -3.50. The molecule has 0 aromatic heterocycles. The van der Waals surface area contributed by atoms with Crippen molar-refractivity contribution in [2.45, 2.75) is 82.3 Å². The molecule has 2 heterocycles. The van der Waals surface area contributed by atoms with E-state index in [1.54, 1.807) is 18.2 Å². The van der Waals surface area contributed by atoms with Crippen molar-refractivity contribution in [1.29, 1.82) is 0 Å². The van der Waals surface area contributed by atoms with Crippen LogP contribution < -0.4 is 33.3 Å². The fourth-order valence-corrected chi connectivity index (χ4v) is 7.66. The van der Waals surface area contributed by atoms with Crippen molar-refractivity contribution in [3.63, 3.8) is 0 Å². The van der Waals surface area contributed by atoms with Crippen LogP contribution in [0.2, 0.25) is 0 Å². The van der Waals surface area contributed by atoms with Crippen LogP contribution in [-0.2, 0) is 37.2 Å². The second-order valence-corrected chi connectivity index (χ2v) is 14.1. The lowest BCUT2D eigenvalue weighted by Crippen LogP contribution is -2.50. The van der Waals surface area contributed by atoms with E-state index in [2.05, 4.69) is 10.6 Å². The number of rotatable bonds is 12. The number of amides is 3. The highest BCUT2D eigenvalue weighted by atomic mass is 19.4. The third-order valence-corrected chi connectivity index (χ3v) is 10.3. The molecule has 9 N–H and O–H groups in total. The highest BCUT2D eigenvalue weighted by molar-refractivity contribution is 6.62. The van der Waals surface area contributed by atoms with Crippen LogP contribution in [0.3, 0.4) is 0 Å². The number of aryl methyl sites for hydroxylation is 1. The average Bonchev–Trinajstić information content (AvgIpc) is 3.52. The quantitative estimate of drug-likeness (QED) is 0.182. The highest BCUT2D eigenvalue weighted by Gasteiger charge is 2.46. The minimum absolute atomic E-state index is 0.0195. The number of hydrogen-bond donors (Lipinski definition) is 6. The molecule has 3 aliphatic rings. The zero-order valence-corrected chi connectivity index (χ0v) is 27.8.